The summed E-state index contributed by atoms with van der Waals surface area (Å²) in [5, 5.41) is 3.18. The van der Waals surface area contributed by atoms with Gasteiger partial charge in [-0.05, 0) is 50.8 Å². The van der Waals surface area contributed by atoms with Crippen molar-refractivity contribution in [2.75, 3.05) is 6.54 Å². The van der Waals surface area contributed by atoms with Gasteiger partial charge in [0.05, 0.1) is 0 Å². The first-order valence-electron chi connectivity index (χ1n) is 7.20. The summed E-state index contributed by atoms with van der Waals surface area (Å²) in [6, 6.07) is 6.20. The molecular formula is C16H25ClN2O. The summed E-state index contributed by atoms with van der Waals surface area (Å²) in [6.45, 7) is 4.70. The van der Waals surface area contributed by atoms with E-state index in [-0.39, 0.29) is 24.4 Å². The van der Waals surface area contributed by atoms with E-state index in [1.165, 1.54) is 18.4 Å². The van der Waals surface area contributed by atoms with Crippen LogP contribution >= 0.6 is 12.4 Å². The lowest BCUT2D eigenvalue weighted by Gasteiger charge is -2.31. The maximum absolute atomic E-state index is 12.4. The van der Waals surface area contributed by atoms with Gasteiger partial charge >= 0.3 is 0 Å². The van der Waals surface area contributed by atoms with Crippen molar-refractivity contribution < 1.29 is 4.79 Å². The van der Waals surface area contributed by atoms with Gasteiger partial charge in [-0.15, -0.1) is 12.4 Å². The number of carbonyl (C=O) groups is 1. The lowest BCUT2D eigenvalue weighted by atomic mass is 9.84. The van der Waals surface area contributed by atoms with E-state index < -0.39 is 0 Å². The topological polar surface area (TPSA) is 55.1 Å². The third-order valence-corrected chi connectivity index (χ3v) is 4.15. The van der Waals surface area contributed by atoms with Crippen molar-refractivity contribution in [1.29, 1.82) is 0 Å². The molecule has 0 saturated heterocycles. The second kappa shape index (κ2) is 7.65. The first kappa shape index (κ1) is 17.0. The first-order chi connectivity index (χ1) is 9.11. The molecule has 1 amide bonds. The Balaban J connectivity index is 0.00000200. The fraction of sp³-hybridized carbons (Fsp3) is 0.562. The fourth-order valence-corrected chi connectivity index (χ4v) is 2.99. The van der Waals surface area contributed by atoms with Crippen LogP contribution in [0.1, 0.15) is 47.2 Å². The van der Waals surface area contributed by atoms with Gasteiger partial charge in [0.2, 0.25) is 0 Å². The molecule has 0 bridgehead atoms. The van der Waals surface area contributed by atoms with Gasteiger partial charge in [0.1, 0.15) is 0 Å². The average Bonchev–Trinajstić information content (AvgIpc) is 2.39. The Hall–Kier alpha value is -1.06. The van der Waals surface area contributed by atoms with Crippen LogP contribution in [-0.2, 0) is 0 Å². The molecular weight excluding hydrogens is 272 g/mol. The van der Waals surface area contributed by atoms with Crippen LogP contribution in [0.15, 0.2) is 18.2 Å². The summed E-state index contributed by atoms with van der Waals surface area (Å²) in [5.74, 6) is 0.478. The minimum absolute atomic E-state index is 0. The highest BCUT2D eigenvalue weighted by Gasteiger charge is 2.25. The highest BCUT2D eigenvalue weighted by atomic mass is 35.5. The Kier molecular flexibility index (Phi) is 6.50. The molecule has 2 unspecified atom stereocenters. The SMILES string of the molecule is Cc1ccc(C(=O)NC2CCCCC2CN)c(C)c1.Cl. The molecule has 0 aliphatic heterocycles. The predicted molar refractivity (Wildman–Crippen MR) is 85.4 cm³/mol. The number of amides is 1. The Labute approximate surface area is 127 Å². The number of rotatable bonds is 3. The van der Waals surface area contributed by atoms with Gasteiger partial charge in [-0.3, -0.25) is 4.79 Å². The second-order valence-corrected chi connectivity index (χ2v) is 5.68. The van der Waals surface area contributed by atoms with Gasteiger partial charge in [-0.1, -0.05) is 30.5 Å². The van der Waals surface area contributed by atoms with E-state index in [1.54, 1.807) is 0 Å². The quantitative estimate of drug-likeness (QED) is 0.901. The van der Waals surface area contributed by atoms with Gasteiger partial charge in [-0.2, -0.15) is 0 Å². The standard InChI is InChI=1S/C16H24N2O.ClH/c1-11-7-8-14(12(2)9-11)16(19)18-15-6-4-3-5-13(15)10-17;/h7-9,13,15H,3-6,10,17H2,1-2H3,(H,18,19);1H. The average molecular weight is 297 g/mol. The molecule has 0 spiro atoms. The lowest BCUT2D eigenvalue weighted by Crippen LogP contribution is -2.44. The summed E-state index contributed by atoms with van der Waals surface area (Å²) >= 11 is 0. The molecule has 20 heavy (non-hydrogen) atoms. The van der Waals surface area contributed by atoms with E-state index in [9.17, 15) is 4.79 Å². The Morgan fingerprint density at radius 3 is 2.65 bits per heavy atom. The van der Waals surface area contributed by atoms with Crippen LogP contribution in [0.2, 0.25) is 0 Å². The summed E-state index contributed by atoms with van der Waals surface area (Å²) < 4.78 is 0. The molecule has 1 aromatic rings. The van der Waals surface area contributed by atoms with Crippen LogP contribution in [0.3, 0.4) is 0 Å². The second-order valence-electron chi connectivity index (χ2n) is 5.68. The summed E-state index contributed by atoms with van der Waals surface area (Å²) in [4.78, 5) is 12.4. The highest BCUT2D eigenvalue weighted by molar-refractivity contribution is 5.95. The van der Waals surface area contributed by atoms with Crippen molar-refractivity contribution in [3.8, 4) is 0 Å². The maximum Gasteiger partial charge on any atom is 0.251 e. The number of benzene rings is 1. The molecule has 1 aliphatic rings. The normalized spacial score (nSPS) is 21.9. The van der Waals surface area contributed by atoms with Gasteiger partial charge < -0.3 is 11.1 Å². The van der Waals surface area contributed by atoms with Crippen molar-refractivity contribution >= 4 is 18.3 Å². The molecule has 1 saturated carbocycles. The lowest BCUT2D eigenvalue weighted by molar-refractivity contribution is 0.0907. The fourth-order valence-electron chi connectivity index (χ4n) is 2.99. The molecule has 0 heterocycles. The molecule has 0 aromatic heterocycles. The third kappa shape index (κ3) is 3.97. The van der Waals surface area contributed by atoms with E-state index in [2.05, 4.69) is 11.4 Å². The molecule has 2 rings (SSSR count). The van der Waals surface area contributed by atoms with E-state index >= 15 is 0 Å². The van der Waals surface area contributed by atoms with Gasteiger partial charge in [0.25, 0.3) is 5.91 Å². The number of halogens is 1. The molecule has 4 heteroatoms. The zero-order valence-corrected chi connectivity index (χ0v) is 13.1. The van der Waals surface area contributed by atoms with Crippen molar-refractivity contribution in [2.45, 2.75) is 45.6 Å². The molecule has 1 aromatic carbocycles. The zero-order chi connectivity index (χ0) is 13.8. The minimum atomic E-state index is 0. The summed E-state index contributed by atoms with van der Waals surface area (Å²) in [6.07, 6.45) is 4.61. The number of aryl methyl sites for hydroxylation is 2. The Bertz CT molecular complexity index is 462. The largest absolute Gasteiger partial charge is 0.349 e. The van der Waals surface area contributed by atoms with Crippen molar-refractivity contribution in [3.63, 3.8) is 0 Å². The number of hydrogen-bond donors (Lipinski definition) is 2. The minimum Gasteiger partial charge on any atom is -0.349 e. The zero-order valence-electron chi connectivity index (χ0n) is 12.3. The van der Waals surface area contributed by atoms with Crippen LogP contribution in [0.4, 0.5) is 0 Å². The molecule has 2 atom stereocenters. The monoisotopic (exact) mass is 296 g/mol. The number of nitrogens with one attached hydrogen (secondary N) is 1. The van der Waals surface area contributed by atoms with Crippen LogP contribution in [0.25, 0.3) is 0 Å². The smallest absolute Gasteiger partial charge is 0.251 e. The molecule has 0 radical (unpaired) electrons. The summed E-state index contributed by atoms with van der Waals surface area (Å²) in [5.41, 5.74) is 8.82. The highest BCUT2D eigenvalue weighted by Crippen LogP contribution is 2.24. The molecule has 1 fully saturated rings. The Morgan fingerprint density at radius 2 is 2.00 bits per heavy atom. The number of carbonyl (C=O) groups excluding carboxylic acids is 1. The predicted octanol–water partition coefficient (Wildman–Crippen LogP) is 2.97. The number of hydrogen-bond acceptors (Lipinski definition) is 2. The van der Waals surface area contributed by atoms with E-state index in [0.29, 0.717) is 12.5 Å². The van der Waals surface area contributed by atoms with Gasteiger partial charge in [0, 0.05) is 11.6 Å². The van der Waals surface area contributed by atoms with Crippen molar-refractivity contribution in [1.82, 2.24) is 5.32 Å². The molecule has 3 nitrogen and oxygen atoms in total. The number of nitrogens with two attached hydrogens (primary N) is 1. The maximum atomic E-state index is 12.4. The van der Waals surface area contributed by atoms with Crippen LogP contribution in [0, 0.1) is 19.8 Å². The van der Waals surface area contributed by atoms with Gasteiger partial charge in [0.15, 0.2) is 0 Å². The third-order valence-electron chi connectivity index (χ3n) is 4.15. The Morgan fingerprint density at radius 1 is 1.30 bits per heavy atom. The van der Waals surface area contributed by atoms with Crippen LogP contribution in [-0.4, -0.2) is 18.5 Å². The van der Waals surface area contributed by atoms with Crippen molar-refractivity contribution in [2.24, 2.45) is 11.7 Å². The molecule has 3 N–H and O–H groups in total. The van der Waals surface area contributed by atoms with E-state index in [1.807, 2.05) is 26.0 Å². The summed E-state index contributed by atoms with van der Waals surface area (Å²) in [7, 11) is 0. The first-order valence-corrected chi connectivity index (χ1v) is 7.20. The van der Waals surface area contributed by atoms with Crippen molar-refractivity contribution in [3.05, 3.63) is 34.9 Å². The molecule has 1 aliphatic carbocycles. The molecule has 112 valence electrons. The van der Waals surface area contributed by atoms with Gasteiger partial charge in [-0.25, -0.2) is 0 Å². The van der Waals surface area contributed by atoms with Crippen LogP contribution < -0.4 is 11.1 Å². The van der Waals surface area contributed by atoms with E-state index in [4.69, 9.17) is 5.73 Å². The van der Waals surface area contributed by atoms with E-state index in [0.717, 1.165) is 24.0 Å². The van der Waals surface area contributed by atoms with Crippen LogP contribution in [0.5, 0.6) is 0 Å².